The largest absolute Gasteiger partial charge is 0.343 e. The zero-order chi connectivity index (χ0) is 10.6. The van der Waals surface area contributed by atoms with E-state index in [1.165, 1.54) is 6.08 Å². The zero-order valence-corrected chi connectivity index (χ0v) is 9.07. The van der Waals surface area contributed by atoms with Gasteiger partial charge in [-0.25, -0.2) is 0 Å². The fraction of sp³-hybridized carbons (Fsp3) is 0.700. The molecule has 77 valence electrons. The molecule has 1 aliphatic rings. The van der Waals surface area contributed by atoms with Crippen LogP contribution in [0, 0.1) is 0 Å². The molecule has 14 heavy (non-hydrogen) atoms. The molecule has 3 nitrogen and oxygen atoms in total. The summed E-state index contributed by atoms with van der Waals surface area (Å²) in [5, 5.41) is 0. The highest BCUT2D eigenvalue weighted by Crippen LogP contribution is 2.06. The number of carbonyl (C=O) groups is 1. The molecule has 0 aromatic rings. The third kappa shape index (κ3) is 3.18. The van der Waals surface area contributed by atoms with Crippen LogP contribution < -0.4 is 0 Å². The van der Waals surface area contributed by atoms with Crippen LogP contribution in [0.15, 0.2) is 12.7 Å². The van der Waals surface area contributed by atoms with E-state index in [4.69, 9.17) is 0 Å². The van der Waals surface area contributed by atoms with Gasteiger partial charge in [-0.3, -0.25) is 4.79 Å². The second kappa shape index (κ2) is 5.20. The van der Waals surface area contributed by atoms with E-state index < -0.39 is 0 Å². The molecule has 1 aliphatic heterocycles. The lowest BCUT2D eigenvalue weighted by molar-refractivity contribution is -0.127. The summed E-state index contributed by atoms with van der Waals surface area (Å²) in [7, 11) is 2.23. The molecule has 0 atom stereocenters. The Kier molecular flexibility index (Phi) is 4.20. The van der Waals surface area contributed by atoms with Gasteiger partial charge in [0.15, 0.2) is 0 Å². The quantitative estimate of drug-likeness (QED) is 0.488. The first-order chi connectivity index (χ1) is 6.63. The molecule has 0 unspecified atom stereocenters. The van der Waals surface area contributed by atoms with E-state index in [-0.39, 0.29) is 5.91 Å². The Morgan fingerprint density at radius 3 is 2.36 bits per heavy atom. The molecule has 1 amide bonds. The lowest BCUT2D eigenvalue weighted by atomic mass is 9.76. The van der Waals surface area contributed by atoms with Gasteiger partial charge >= 0.3 is 0 Å². The first-order valence-corrected chi connectivity index (χ1v) is 5.14. The van der Waals surface area contributed by atoms with Crippen molar-refractivity contribution in [2.75, 3.05) is 26.2 Å². The molecule has 1 radical (unpaired) electrons. The Morgan fingerprint density at radius 1 is 1.36 bits per heavy atom. The van der Waals surface area contributed by atoms with E-state index >= 15 is 0 Å². The molecule has 4 heteroatoms. The van der Waals surface area contributed by atoms with Crippen LogP contribution in [0.5, 0.6) is 0 Å². The fourth-order valence-electron chi connectivity index (χ4n) is 1.64. The Labute approximate surface area is 87.0 Å². The van der Waals surface area contributed by atoms with Gasteiger partial charge < -0.3 is 9.71 Å². The summed E-state index contributed by atoms with van der Waals surface area (Å²) >= 11 is 0. The fourth-order valence-corrected chi connectivity index (χ4v) is 1.64. The maximum Gasteiger partial charge on any atom is 0.246 e. The second-order valence-electron chi connectivity index (χ2n) is 3.96. The molecule has 1 heterocycles. The Morgan fingerprint density at radius 2 is 1.93 bits per heavy atom. The van der Waals surface area contributed by atoms with Crippen molar-refractivity contribution in [3.8, 4) is 0 Å². The van der Waals surface area contributed by atoms with Gasteiger partial charge in [-0.2, -0.15) is 0 Å². The molecule has 1 rings (SSSR count). The lowest BCUT2D eigenvalue weighted by Gasteiger charge is -2.34. The van der Waals surface area contributed by atoms with Crippen molar-refractivity contribution in [1.82, 2.24) is 9.71 Å². The van der Waals surface area contributed by atoms with Crippen molar-refractivity contribution in [2.24, 2.45) is 0 Å². The van der Waals surface area contributed by atoms with Crippen molar-refractivity contribution >= 4 is 13.3 Å². The minimum Gasteiger partial charge on any atom is -0.343 e. The van der Waals surface area contributed by atoms with Gasteiger partial charge in [-0.05, 0) is 6.08 Å². The van der Waals surface area contributed by atoms with E-state index in [0.29, 0.717) is 5.82 Å². The highest BCUT2D eigenvalue weighted by Gasteiger charge is 2.19. The number of rotatable bonds is 3. The summed E-state index contributed by atoms with van der Waals surface area (Å²) in [6.45, 7) is 11.3. The highest BCUT2D eigenvalue weighted by molar-refractivity contribution is 6.33. The molecule has 0 saturated carbocycles. The van der Waals surface area contributed by atoms with Crippen LogP contribution >= 0.6 is 0 Å². The Bertz CT molecular complexity index is 210. The number of hydrogen-bond acceptors (Lipinski definition) is 2. The number of hydrogen-bond donors (Lipinski definition) is 0. The van der Waals surface area contributed by atoms with Gasteiger partial charge in [0.1, 0.15) is 0 Å². The summed E-state index contributed by atoms with van der Waals surface area (Å²) in [5.41, 5.74) is 0. The summed E-state index contributed by atoms with van der Waals surface area (Å²) in [4.78, 5) is 15.4. The SMILES string of the molecule is C=CC(=O)N1CCN([B]C(C)C)CC1. The Hall–Kier alpha value is -0.765. The van der Waals surface area contributed by atoms with E-state index in [9.17, 15) is 4.79 Å². The number of carbonyl (C=O) groups excluding carboxylic acids is 1. The van der Waals surface area contributed by atoms with E-state index in [1.807, 2.05) is 4.90 Å². The topological polar surface area (TPSA) is 23.6 Å². The third-order valence-electron chi connectivity index (χ3n) is 2.31. The van der Waals surface area contributed by atoms with Crippen molar-refractivity contribution in [3.05, 3.63) is 12.7 Å². The van der Waals surface area contributed by atoms with Crippen LogP contribution in [0.1, 0.15) is 13.8 Å². The zero-order valence-electron chi connectivity index (χ0n) is 9.07. The van der Waals surface area contributed by atoms with Gasteiger partial charge in [0, 0.05) is 26.2 Å². The third-order valence-corrected chi connectivity index (χ3v) is 2.31. The summed E-state index contributed by atoms with van der Waals surface area (Å²) in [6.07, 6.45) is 1.39. The van der Waals surface area contributed by atoms with Crippen LogP contribution in [-0.4, -0.2) is 49.2 Å². The molecule has 0 aromatic heterocycles. The average Bonchev–Trinajstić information content (AvgIpc) is 2.17. The van der Waals surface area contributed by atoms with Gasteiger partial charge in [0.25, 0.3) is 0 Å². The van der Waals surface area contributed by atoms with E-state index in [1.54, 1.807) is 0 Å². The first-order valence-electron chi connectivity index (χ1n) is 5.14. The van der Waals surface area contributed by atoms with Crippen molar-refractivity contribution in [2.45, 2.75) is 19.7 Å². The summed E-state index contributed by atoms with van der Waals surface area (Å²) in [5.74, 6) is 0.630. The molecule has 0 bridgehead atoms. The first kappa shape index (κ1) is 11.3. The molecular weight excluding hydrogens is 175 g/mol. The van der Waals surface area contributed by atoms with Crippen molar-refractivity contribution in [1.29, 1.82) is 0 Å². The van der Waals surface area contributed by atoms with Crippen molar-refractivity contribution < 1.29 is 4.79 Å². The van der Waals surface area contributed by atoms with Crippen molar-refractivity contribution in [3.63, 3.8) is 0 Å². The number of amides is 1. The second-order valence-corrected chi connectivity index (χ2v) is 3.96. The van der Waals surface area contributed by atoms with E-state index in [2.05, 4.69) is 32.7 Å². The average molecular weight is 193 g/mol. The van der Waals surface area contributed by atoms with Crippen LogP contribution in [0.4, 0.5) is 0 Å². The monoisotopic (exact) mass is 193 g/mol. The molecule has 0 spiro atoms. The predicted molar refractivity (Wildman–Crippen MR) is 59.2 cm³/mol. The predicted octanol–water partition coefficient (Wildman–Crippen LogP) is 0.764. The standard InChI is InChI=1S/C10H18BN2O/c1-4-10(14)12-5-7-13(8-6-12)11-9(2)3/h4,9H,1,5-8H2,2-3H3. The molecule has 0 N–H and O–H groups in total. The highest BCUT2D eigenvalue weighted by atomic mass is 16.2. The Balaban J connectivity index is 2.31. The summed E-state index contributed by atoms with van der Waals surface area (Å²) < 4.78 is 0. The maximum atomic E-state index is 11.3. The van der Waals surface area contributed by atoms with Gasteiger partial charge in [-0.1, -0.05) is 26.2 Å². The van der Waals surface area contributed by atoms with Crippen LogP contribution in [0.25, 0.3) is 0 Å². The molecule has 1 fully saturated rings. The molecule has 0 aromatic carbocycles. The minimum atomic E-state index is 0.0502. The molecule has 0 aliphatic carbocycles. The van der Waals surface area contributed by atoms with Crippen LogP contribution in [0.2, 0.25) is 5.82 Å². The maximum absolute atomic E-state index is 11.3. The van der Waals surface area contributed by atoms with Gasteiger partial charge in [0.05, 0.1) is 0 Å². The minimum absolute atomic E-state index is 0.0502. The number of nitrogens with zero attached hydrogens (tertiary/aromatic N) is 2. The lowest BCUT2D eigenvalue weighted by Crippen LogP contribution is -2.49. The van der Waals surface area contributed by atoms with E-state index in [0.717, 1.165) is 26.2 Å². The number of piperazine rings is 1. The van der Waals surface area contributed by atoms with Gasteiger partial charge in [-0.15, -0.1) is 0 Å². The van der Waals surface area contributed by atoms with Gasteiger partial charge in [0.2, 0.25) is 13.3 Å². The summed E-state index contributed by atoms with van der Waals surface area (Å²) in [6, 6.07) is 0. The van der Waals surface area contributed by atoms with Crippen LogP contribution in [0.3, 0.4) is 0 Å². The normalized spacial score (nSPS) is 18.4. The van der Waals surface area contributed by atoms with Crippen LogP contribution in [-0.2, 0) is 4.79 Å². The molecule has 1 saturated heterocycles. The smallest absolute Gasteiger partial charge is 0.246 e. The molecular formula is C10H18BN2O.